The van der Waals surface area contributed by atoms with E-state index in [4.69, 9.17) is 15.6 Å². The van der Waals surface area contributed by atoms with E-state index in [0.29, 0.717) is 4.47 Å². The van der Waals surface area contributed by atoms with Crippen molar-refractivity contribution < 1.29 is 18.3 Å². The van der Waals surface area contributed by atoms with E-state index in [1.54, 1.807) is 0 Å². The first kappa shape index (κ1) is 17.0. The summed E-state index contributed by atoms with van der Waals surface area (Å²) in [5, 5.41) is 8.99. The number of hydrogen-bond donors (Lipinski definition) is 2. The third-order valence-corrected chi connectivity index (χ3v) is 5.16. The van der Waals surface area contributed by atoms with Crippen LogP contribution in [-0.4, -0.2) is 44.6 Å². The van der Waals surface area contributed by atoms with Gasteiger partial charge < -0.3 is 15.6 Å². The van der Waals surface area contributed by atoms with Crippen molar-refractivity contribution in [3.8, 4) is 5.75 Å². The molecule has 0 aromatic heterocycles. The highest BCUT2D eigenvalue weighted by atomic mass is 79.9. The Morgan fingerprint density at radius 2 is 2.20 bits per heavy atom. The second-order valence-electron chi connectivity index (χ2n) is 3.90. The Morgan fingerprint density at radius 1 is 1.55 bits per heavy atom. The number of sulfonamides is 1. The summed E-state index contributed by atoms with van der Waals surface area (Å²) in [7, 11) is -2.46. The van der Waals surface area contributed by atoms with Crippen LogP contribution in [0.25, 0.3) is 0 Å². The molecular weight excluding hydrogens is 348 g/mol. The first-order chi connectivity index (χ1) is 9.38. The molecule has 0 fully saturated rings. The molecule has 1 aromatic rings. The van der Waals surface area contributed by atoms with Crippen molar-refractivity contribution in [2.24, 2.45) is 0 Å². The van der Waals surface area contributed by atoms with Crippen molar-refractivity contribution in [1.82, 2.24) is 4.31 Å². The zero-order valence-electron chi connectivity index (χ0n) is 11.0. The van der Waals surface area contributed by atoms with Crippen molar-refractivity contribution in [1.29, 1.82) is 0 Å². The van der Waals surface area contributed by atoms with Gasteiger partial charge in [-0.2, -0.15) is 4.31 Å². The van der Waals surface area contributed by atoms with Gasteiger partial charge in [0.25, 0.3) is 0 Å². The average Bonchev–Trinajstić information content (AvgIpc) is 2.41. The summed E-state index contributed by atoms with van der Waals surface area (Å²) in [5.74, 6) is 0.179. The highest BCUT2D eigenvalue weighted by Crippen LogP contribution is 2.33. The second kappa shape index (κ2) is 7.07. The van der Waals surface area contributed by atoms with Crippen LogP contribution in [0.2, 0.25) is 0 Å². The molecule has 0 atom stereocenters. The van der Waals surface area contributed by atoms with Gasteiger partial charge in [0.1, 0.15) is 10.6 Å². The van der Waals surface area contributed by atoms with Gasteiger partial charge in [-0.25, -0.2) is 8.42 Å². The average molecular weight is 365 g/mol. The van der Waals surface area contributed by atoms with E-state index < -0.39 is 10.0 Å². The number of rotatable bonds is 7. The van der Waals surface area contributed by atoms with Gasteiger partial charge in [0, 0.05) is 23.2 Å². The molecule has 0 aliphatic heterocycles. The van der Waals surface area contributed by atoms with Gasteiger partial charge in [-0.05, 0) is 28.1 Å². The Labute approximate surface area is 127 Å². The Hall–Kier alpha value is -1.09. The van der Waals surface area contributed by atoms with Crippen molar-refractivity contribution >= 4 is 31.6 Å². The summed E-state index contributed by atoms with van der Waals surface area (Å²) >= 11 is 3.22. The fourth-order valence-corrected chi connectivity index (χ4v) is 3.51. The molecular formula is C12H17BrN2O4S. The lowest BCUT2D eigenvalue weighted by molar-refractivity contribution is 0.260. The molecule has 0 amide bonds. The molecule has 8 heteroatoms. The molecule has 0 saturated heterocycles. The van der Waals surface area contributed by atoms with E-state index in [1.807, 2.05) is 0 Å². The second-order valence-corrected chi connectivity index (χ2v) is 6.66. The van der Waals surface area contributed by atoms with Crippen LogP contribution < -0.4 is 10.5 Å². The molecule has 0 aliphatic carbocycles. The lowest BCUT2D eigenvalue weighted by Crippen LogP contribution is -2.34. The fourth-order valence-electron chi connectivity index (χ4n) is 1.62. The maximum absolute atomic E-state index is 12.6. The fraction of sp³-hybridized carbons (Fsp3) is 0.333. The highest BCUT2D eigenvalue weighted by molar-refractivity contribution is 9.10. The van der Waals surface area contributed by atoms with Crippen LogP contribution in [0.15, 0.2) is 34.2 Å². The van der Waals surface area contributed by atoms with Gasteiger partial charge >= 0.3 is 0 Å². The van der Waals surface area contributed by atoms with Crippen molar-refractivity contribution in [3.05, 3.63) is 29.3 Å². The summed E-state index contributed by atoms with van der Waals surface area (Å²) in [6, 6.07) is 2.82. The standard InChI is InChI=1S/C12H17BrN2O4S/c1-3-4-15(5-6-16)20(17,18)12-8-10(14)9(13)7-11(12)19-2/h3,7-8,16H,1,4-6,14H2,2H3. The number of aliphatic hydroxyl groups excluding tert-OH is 1. The van der Waals surface area contributed by atoms with Gasteiger partial charge in [-0.3, -0.25) is 0 Å². The zero-order valence-corrected chi connectivity index (χ0v) is 13.4. The lowest BCUT2D eigenvalue weighted by atomic mass is 10.3. The monoisotopic (exact) mass is 364 g/mol. The van der Waals surface area contributed by atoms with E-state index in [-0.39, 0.29) is 36.0 Å². The lowest BCUT2D eigenvalue weighted by Gasteiger charge is -2.21. The molecule has 0 saturated carbocycles. The number of aliphatic hydroxyl groups is 1. The van der Waals surface area contributed by atoms with Crippen LogP contribution in [0.5, 0.6) is 5.75 Å². The quantitative estimate of drug-likeness (QED) is 0.560. The molecule has 20 heavy (non-hydrogen) atoms. The Kier molecular flexibility index (Phi) is 6.00. The van der Waals surface area contributed by atoms with Gasteiger partial charge in [0.05, 0.1) is 13.7 Å². The van der Waals surface area contributed by atoms with Crippen LogP contribution in [0.1, 0.15) is 0 Å². The molecule has 3 N–H and O–H groups in total. The molecule has 0 aliphatic rings. The number of ether oxygens (including phenoxy) is 1. The number of anilines is 1. The minimum Gasteiger partial charge on any atom is -0.495 e. The number of hydrogen-bond acceptors (Lipinski definition) is 5. The summed E-state index contributed by atoms with van der Waals surface area (Å²) in [6.45, 7) is 3.27. The molecule has 0 heterocycles. The number of nitrogen functional groups attached to an aromatic ring is 1. The largest absolute Gasteiger partial charge is 0.495 e. The number of nitrogens with two attached hydrogens (primary N) is 1. The van der Waals surface area contributed by atoms with Crippen LogP contribution in [-0.2, 0) is 10.0 Å². The molecule has 112 valence electrons. The van der Waals surface area contributed by atoms with Crippen LogP contribution in [0, 0.1) is 0 Å². The number of halogens is 1. The van der Waals surface area contributed by atoms with Gasteiger partial charge in [-0.15, -0.1) is 6.58 Å². The maximum atomic E-state index is 12.6. The smallest absolute Gasteiger partial charge is 0.247 e. The van der Waals surface area contributed by atoms with E-state index in [9.17, 15) is 8.42 Å². The summed E-state index contributed by atoms with van der Waals surface area (Å²) in [5.41, 5.74) is 6.02. The van der Waals surface area contributed by atoms with Crippen LogP contribution in [0.3, 0.4) is 0 Å². The third-order valence-electron chi connectivity index (χ3n) is 2.58. The Morgan fingerprint density at radius 3 is 2.70 bits per heavy atom. The third kappa shape index (κ3) is 3.51. The molecule has 0 bridgehead atoms. The number of nitrogens with zero attached hydrogens (tertiary/aromatic N) is 1. The van der Waals surface area contributed by atoms with E-state index >= 15 is 0 Å². The zero-order chi connectivity index (χ0) is 15.3. The molecule has 0 spiro atoms. The maximum Gasteiger partial charge on any atom is 0.247 e. The van der Waals surface area contributed by atoms with Crippen LogP contribution in [0.4, 0.5) is 5.69 Å². The van der Waals surface area contributed by atoms with Crippen molar-refractivity contribution in [3.63, 3.8) is 0 Å². The van der Waals surface area contributed by atoms with Gasteiger partial charge in [0.2, 0.25) is 10.0 Å². The van der Waals surface area contributed by atoms with E-state index in [1.165, 1.54) is 25.3 Å². The van der Waals surface area contributed by atoms with Gasteiger partial charge in [-0.1, -0.05) is 6.08 Å². The first-order valence-corrected chi connectivity index (χ1v) is 7.96. The van der Waals surface area contributed by atoms with Crippen molar-refractivity contribution in [2.45, 2.75) is 4.90 Å². The summed E-state index contributed by atoms with van der Waals surface area (Å²) in [4.78, 5) is -0.0454. The molecule has 1 aromatic carbocycles. The van der Waals surface area contributed by atoms with E-state index in [0.717, 1.165) is 4.31 Å². The molecule has 1 rings (SSSR count). The number of benzene rings is 1. The van der Waals surface area contributed by atoms with Crippen molar-refractivity contribution in [2.75, 3.05) is 32.5 Å². The topological polar surface area (TPSA) is 92.9 Å². The Balaban J connectivity index is 3.39. The molecule has 0 radical (unpaired) electrons. The molecule has 0 unspecified atom stereocenters. The summed E-state index contributed by atoms with van der Waals surface area (Å²) in [6.07, 6.45) is 1.45. The first-order valence-electron chi connectivity index (χ1n) is 5.73. The van der Waals surface area contributed by atoms with Gasteiger partial charge in [0.15, 0.2) is 0 Å². The highest BCUT2D eigenvalue weighted by Gasteiger charge is 2.27. The minimum atomic E-state index is -3.83. The predicted octanol–water partition coefficient (Wildman–Crippen LogP) is 1.21. The SMILES string of the molecule is C=CCN(CCO)S(=O)(=O)c1cc(N)c(Br)cc1OC. The normalized spacial score (nSPS) is 11.6. The molecule has 6 nitrogen and oxygen atoms in total. The Bertz CT molecular complexity index is 589. The van der Waals surface area contributed by atoms with Crippen LogP contribution >= 0.6 is 15.9 Å². The van der Waals surface area contributed by atoms with E-state index in [2.05, 4.69) is 22.5 Å². The number of methoxy groups -OCH3 is 1. The summed E-state index contributed by atoms with van der Waals surface area (Å²) < 4.78 is 31.9. The minimum absolute atomic E-state index is 0.0342. The predicted molar refractivity (Wildman–Crippen MR) is 81.1 cm³/mol.